The molecule has 10 heteroatoms. The number of benzene rings is 1. The minimum Gasteiger partial charge on any atom is -0.451 e. The number of nitrogens with one attached hydrogen (secondary N) is 1. The summed E-state index contributed by atoms with van der Waals surface area (Å²) in [5, 5.41) is 3.54. The Balaban J connectivity index is 1.61. The van der Waals surface area contributed by atoms with Crippen LogP contribution in [0.15, 0.2) is 36.7 Å². The molecule has 1 aliphatic heterocycles. The highest BCUT2D eigenvalue weighted by Crippen LogP contribution is 2.48. The van der Waals surface area contributed by atoms with Gasteiger partial charge in [-0.25, -0.2) is 15.0 Å². The van der Waals surface area contributed by atoms with Crippen LogP contribution in [0, 0.1) is 12.3 Å². The number of hydrogen-bond acceptors (Lipinski definition) is 7. The Bertz CT molecular complexity index is 1190. The number of carbonyl (C=O) groups is 1. The van der Waals surface area contributed by atoms with Gasteiger partial charge in [-0.05, 0) is 57.0 Å². The highest BCUT2D eigenvalue weighted by atomic mass is 32.1. The van der Waals surface area contributed by atoms with E-state index in [4.69, 9.17) is 4.74 Å². The fourth-order valence-electron chi connectivity index (χ4n) is 3.77. The zero-order valence-corrected chi connectivity index (χ0v) is 18.7. The van der Waals surface area contributed by atoms with Crippen LogP contribution in [0.1, 0.15) is 43.5 Å². The fourth-order valence-corrected chi connectivity index (χ4v) is 4.75. The summed E-state index contributed by atoms with van der Waals surface area (Å²) in [5.41, 5.74) is -0.111. The topological polar surface area (TPSA) is 77.0 Å². The molecule has 0 spiro atoms. The lowest BCUT2D eigenvalue weighted by Crippen LogP contribution is -2.20. The number of aromatic nitrogens is 3. The minimum absolute atomic E-state index is 0.144. The van der Waals surface area contributed by atoms with E-state index in [-0.39, 0.29) is 11.9 Å². The second-order valence-corrected chi connectivity index (χ2v) is 9.72. The molecule has 0 radical (unpaired) electrons. The maximum atomic E-state index is 12.9. The Kier molecular flexibility index (Phi) is 5.23. The molecule has 4 rings (SSSR count). The highest BCUT2D eigenvalue weighted by molar-refractivity contribution is 7.15. The van der Waals surface area contributed by atoms with Crippen LogP contribution in [0.5, 0.6) is 0 Å². The molecule has 0 aliphatic carbocycles. The van der Waals surface area contributed by atoms with E-state index in [0.717, 1.165) is 28.3 Å². The van der Waals surface area contributed by atoms with Crippen molar-refractivity contribution < 1.29 is 22.7 Å². The lowest BCUT2D eigenvalue weighted by atomic mass is 9.85. The van der Waals surface area contributed by atoms with Crippen molar-refractivity contribution in [2.45, 2.75) is 45.9 Å². The van der Waals surface area contributed by atoms with Crippen LogP contribution in [-0.2, 0) is 21.3 Å². The molecule has 1 aliphatic rings. The van der Waals surface area contributed by atoms with Gasteiger partial charge in [0.05, 0.1) is 10.3 Å². The smallest absolute Gasteiger partial charge is 0.433 e. The molecule has 2 aromatic heterocycles. The number of esters is 1. The molecule has 0 saturated carbocycles. The van der Waals surface area contributed by atoms with E-state index in [1.165, 1.54) is 11.3 Å². The van der Waals surface area contributed by atoms with Crippen molar-refractivity contribution in [3.8, 4) is 10.4 Å². The van der Waals surface area contributed by atoms with Crippen molar-refractivity contribution in [3.05, 3.63) is 52.9 Å². The molecule has 1 aromatic carbocycles. The standard InChI is InChI=1S/C22H21F3N4O2S/c1-12-7-13(9-14(8-12)28-19-26-6-5-16(29-19)22(23,24)25)15-10-27-17(32-15)21(4)11-20(2,3)18(30)31-21/h5-10H,11H2,1-4H3,(H,26,28,29). The minimum atomic E-state index is -4.55. The number of hydrogen-bond donors (Lipinski definition) is 1. The fraction of sp³-hybridized carbons (Fsp3) is 0.364. The molecule has 1 atom stereocenters. The lowest BCUT2D eigenvalue weighted by Gasteiger charge is -2.20. The van der Waals surface area contributed by atoms with Crippen LogP contribution < -0.4 is 5.32 Å². The number of halogens is 3. The number of ether oxygens (including phenoxy) is 1. The van der Waals surface area contributed by atoms with Crippen molar-refractivity contribution in [2.75, 3.05) is 5.32 Å². The van der Waals surface area contributed by atoms with Gasteiger partial charge in [0.2, 0.25) is 5.95 Å². The number of rotatable bonds is 4. The molecule has 32 heavy (non-hydrogen) atoms. The van der Waals surface area contributed by atoms with Crippen LogP contribution in [0.2, 0.25) is 0 Å². The van der Waals surface area contributed by atoms with Crippen LogP contribution in [0.3, 0.4) is 0 Å². The van der Waals surface area contributed by atoms with Crippen LogP contribution in [0.4, 0.5) is 24.8 Å². The molecule has 0 amide bonds. The zero-order valence-electron chi connectivity index (χ0n) is 17.9. The van der Waals surface area contributed by atoms with Gasteiger partial charge in [-0.3, -0.25) is 4.79 Å². The number of anilines is 2. The highest BCUT2D eigenvalue weighted by Gasteiger charge is 2.51. The van der Waals surface area contributed by atoms with Gasteiger partial charge in [0.15, 0.2) is 5.60 Å². The predicted octanol–water partition coefficient (Wildman–Crippen LogP) is 5.86. The number of thiazole rings is 1. The quantitative estimate of drug-likeness (QED) is 0.490. The van der Waals surface area contributed by atoms with E-state index in [1.807, 2.05) is 33.8 Å². The Morgan fingerprint density at radius 2 is 1.91 bits per heavy atom. The van der Waals surface area contributed by atoms with E-state index in [9.17, 15) is 18.0 Å². The van der Waals surface area contributed by atoms with Gasteiger partial charge in [0.1, 0.15) is 10.7 Å². The summed E-state index contributed by atoms with van der Waals surface area (Å²) < 4.78 is 44.5. The van der Waals surface area contributed by atoms with Gasteiger partial charge in [-0.2, -0.15) is 13.2 Å². The first-order chi connectivity index (χ1) is 14.9. The first-order valence-corrected chi connectivity index (χ1v) is 10.7. The summed E-state index contributed by atoms with van der Waals surface area (Å²) in [7, 11) is 0. The number of alkyl halides is 3. The Hall–Kier alpha value is -3.01. The Morgan fingerprint density at radius 1 is 1.16 bits per heavy atom. The SMILES string of the molecule is Cc1cc(Nc2nccc(C(F)(F)F)n2)cc(-c2cnc(C3(C)CC(C)(C)C(=O)O3)s2)c1. The summed E-state index contributed by atoms with van der Waals surface area (Å²) in [5.74, 6) is -0.395. The van der Waals surface area contributed by atoms with Gasteiger partial charge in [-0.1, -0.05) is 6.07 Å². The van der Waals surface area contributed by atoms with E-state index < -0.39 is 22.9 Å². The van der Waals surface area contributed by atoms with Crippen molar-refractivity contribution in [2.24, 2.45) is 5.41 Å². The summed E-state index contributed by atoms with van der Waals surface area (Å²) in [6.07, 6.45) is -1.25. The Labute approximate surface area is 186 Å². The number of nitrogens with zero attached hydrogens (tertiary/aromatic N) is 3. The molecular formula is C22H21F3N4O2S. The maximum absolute atomic E-state index is 12.9. The van der Waals surface area contributed by atoms with E-state index in [2.05, 4.69) is 20.3 Å². The van der Waals surface area contributed by atoms with Gasteiger partial charge in [0.25, 0.3) is 0 Å². The number of aryl methyl sites for hydroxylation is 1. The largest absolute Gasteiger partial charge is 0.451 e. The van der Waals surface area contributed by atoms with Gasteiger partial charge >= 0.3 is 12.1 Å². The average Bonchev–Trinajstić information content (AvgIpc) is 3.25. The third-order valence-electron chi connectivity index (χ3n) is 5.17. The first-order valence-electron chi connectivity index (χ1n) is 9.85. The molecule has 1 N–H and O–H groups in total. The van der Waals surface area contributed by atoms with Crippen molar-refractivity contribution in [1.29, 1.82) is 0 Å². The summed E-state index contributed by atoms with van der Waals surface area (Å²) in [6, 6.07) is 6.35. The van der Waals surface area contributed by atoms with Gasteiger partial charge < -0.3 is 10.1 Å². The molecule has 6 nitrogen and oxygen atoms in total. The zero-order chi connectivity index (χ0) is 23.3. The molecule has 1 unspecified atom stereocenters. The molecule has 168 valence electrons. The molecule has 1 saturated heterocycles. The second kappa shape index (κ2) is 7.54. The third-order valence-corrected chi connectivity index (χ3v) is 6.46. The molecule has 3 heterocycles. The van der Waals surface area contributed by atoms with Crippen LogP contribution >= 0.6 is 11.3 Å². The monoisotopic (exact) mass is 462 g/mol. The Morgan fingerprint density at radius 3 is 2.56 bits per heavy atom. The van der Waals surface area contributed by atoms with Gasteiger partial charge in [0, 0.05) is 24.5 Å². The third kappa shape index (κ3) is 4.32. The predicted molar refractivity (Wildman–Crippen MR) is 114 cm³/mol. The van der Waals surface area contributed by atoms with E-state index >= 15 is 0 Å². The second-order valence-electron chi connectivity index (χ2n) is 8.69. The average molecular weight is 462 g/mol. The molecule has 1 fully saturated rings. The van der Waals surface area contributed by atoms with Crippen LogP contribution in [0.25, 0.3) is 10.4 Å². The number of cyclic esters (lactones) is 1. The molecule has 0 bridgehead atoms. The summed E-state index contributed by atoms with van der Waals surface area (Å²) in [4.78, 5) is 25.0. The van der Waals surface area contributed by atoms with E-state index in [0.29, 0.717) is 17.1 Å². The van der Waals surface area contributed by atoms with Crippen LogP contribution in [-0.4, -0.2) is 20.9 Å². The number of carbonyl (C=O) groups excluding carboxylic acids is 1. The molecular weight excluding hydrogens is 441 g/mol. The maximum Gasteiger partial charge on any atom is 0.433 e. The van der Waals surface area contributed by atoms with Gasteiger partial charge in [-0.15, -0.1) is 11.3 Å². The van der Waals surface area contributed by atoms with Crippen molar-refractivity contribution in [1.82, 2.24) is 15.0 Å². The summed E-state index contributed by atoms with van der Waals surface area (Å²) >= 11 is 1.42. The lowest BCUT2D eigenvalue weighted by molar-refractivity contribution is -0.152. The van der Waals surface area contributed by atoms with E-state index in [1.54, 1.807) is 18.3 Å². The normalized spacial score (nSPS) is 20.3. The summed E-state index contributed by atoms with van der Waals surface area (Å²) in [6.45, 7) is 7.44. The van der Waals surface area contributed by atoms with Crippen molar-refractivity contribution >= 4 is 28.9 Å². The molecule has 3 aromatic rings. The van der Waals surface area contributed by atoms with Crippen molar-refractivity contribution in [3.63, 3.8) is 0 Å². The first kappa shape index (κ1) is 22.2.